The van der Waals surface area contributed by atoms with Gasteiger partial charge in [-0.1, -0.05) is 133 Å². The van der Waals surface area contributed by atoms with Crippen molar-refractivity contribution in [3.05, 3.63) is 170 Å². The first kappa shape index (κ1) is 28.3. The predicted octanol–water partition coefficient (Wildman–Crippen LogP) is 12.4. The van der Waals surface area contributed by atoms with Gasteiger partial charge in [0.1, 0.15) is 0 Å². The molecule has 0 saturated carbocycles. The van der Waals surface area contributed by atoms with Crippen LogP contribution in [0.5, 0.6) is 0 Å². The lowest BCUT2D eigenvalue weighted by Gasteiger charge is -2.16. The summed E-state index contributed by atoms with van der Waals surface area (Å²) in [6, 6.07) is 60.5. The molecule has 0 aliphatic heterocycles. The zero-order valence-corrected chi connectivity index (χ0v) is 28.2. The van der Waals surface area contributed by atoms with Crippen LogP contribution < -0.4 is 0 Å². The van der Waals surface area contributed by atoms with Crippen LogP contribution in [-0.4, -0.2) is 19.1 Å². The molecule has 7 aromatic carbocycles. The second kappa shape index (κ2) is 11.0. The van der Waals surface area contributed by atoms with Crippen molar-refractivity contribution in [1.82, 2.24) is 19.1 Å². The second-order valence-electron chi connectivity index (χ2n) is 13.0. The number of rotatable bonds is 4. The maximum atomic E-state index is 5.62. The molecule has 0 bridgehead atoms. The van der Waals surface area contributed by atoms with E-state index in [-0.39, 0.29) is 0 Å². The molecule has 4 heterocycles. The number of hydrogen-bond donors (Lipinski definition) is 0. The maximum absolute atomic E-state index is 5.62. The standard InChI is InChI=1S/C46H28N4S/c1-2-15-29(16-3-1)30-22-14-23-34-33-19-6-11-26-39(33)50(43(30)34)46-44-42(36-21-8-13-28-41(36)51-44)47-45(48-46)35-20-7-12-27-40(35)49-37-24-9-4-17-31(37)32-18-5-10-25-38(32)49/h1-28H. The Morgan fingerprint density at radius 1 is 0.412 bits per heavy atom. The third-order valence-electron chi connectivity index (χ3n) is 10.2. The molecule has 0 spiro atoms. The molecule has 0 atom stereocenters. The molecule has 0 aliphatic carbocycles. The van der Waals surface area contributed by atoms with Crippen molar-refractivity contribution in [2.45, 2.75) is 0 Å². The lowest BCUT2D eigenvalue weighted by Crippen LogP contribution is -2.04. The molecular formula is C46H28N4S. The highest BCUT2D eigenvalue weighted by Gasteiger charge is 2.24. The number of nitrogens with zero attached hydrogens (tertiary/aromatic N) is 4. The van der Waals surface area contributed by atoms with Gasteiger partial charge in [0.2, 0.25) is 0 Å². The van der Waals surface area contributed by atoms with Gasteiger partial charge in [0.15, 0.2) is 11.6 Å². The van der Waals surface area contributed by atoms with E-state index in [2.05, 4.69) is 179 Å². The molecule has 0 aliphatic rings. The highest BCUT2D eigenvalue weighted by molar-refractivity contribution is 7.26. The molecule has 4 nitrogen and oxygen atoms in total. The quantitative estimate of drug-likeness (QED) is 0.187. The number of thiophene rings is 1. The largest absolute Gasteiger partial charge is 0.309 e. The third-order valence-corrected chi connectivity index (χ3v) is 11.3. The fraction of sp³-hybridized carbons (Fsp3) is 0. The van der Waals surface area contributed by atoms with Gasteiger partial charge in [0.25, 0.3) is 0 Å². The molecule has 11 rings (SSSR count). The molecule has 0 N–H and O–H groups in total. The van der Waals surface area contributed by atoms with Crippen molar-refractivity contribution >= 4 is 75.3 Å². The lowest BCUT2D eigenvalue weighted by molar-refractivity contribution is 1.07. The Kier molecular flexibility index (Phi) is 6.09. The summed E-state index contributed by atoms with van der Waals surface area (Å²) in [5, 5.41) is 5.99. The average Bonchev–Trinajstić information content (AvgIpc) is 3.86. The van der Waals surface area contributed by atoms with Crippen molar-refractivity contribution < 1.29 is 0 Å². The van der Waals surface area contributed by atoms with Crippen LogP contribution in [0.15, 0.2) is 170 Å². The molecule has 51 heavy (non-hydrogen) atoms. The second-order valence-corrected chi connectivity index (χ2v) is 14.0. The van der Waals surface area contributed by atoms with E-state index in [1.807, 2.05) is 0 Å². The van der Waals surface area contributed by atoms with Gasteiger partial charge in [-0.2, -0.15) is 0 Å². The molecule has 0 amide bonds. The fourth-order valence-electron chi connectivity index (χ4n) is 7.98. The summed E-state index contributed by atoms with van der Waals surface area (Å²) in [4.78, 5) is 11.1. The topological polar surface area (TPSA) is 35.6 Å². The van der Waals surface area contributed by atoms with Crippen molar-refractivity contribution in [2.75, 3.05) is 0 Å². The lowest BCUT2D eigenvalue weighted by atomic mass is 10.0. The van der Waals surface area contributed by atoms with Gasteiger partial charge in [0.05, 0.1) is 38.0 Å². The van der Waals surface area contributed by atoms with E-state index in [9.17, 15) is 0 Å². The van der Waals surface area contributed by atoms with Crippen LogP contribution >= 0.6 is 11.3 Å². The van der Waals surface area contributed by atoms with E-state index in [0.29, 0.717) is 5.82 Å². The van der Waals surface area contributed by atoms with Gasteiger partial charge in [-0.05, 0) is 42.0 Å². The van der Waals surface area contributed by atoms with Crippen molar-refractivity contribution in [3.8, 4) is 34.0 Å². The van der Waals surface area contributed by atoms with Crippen LogP contribution in [0.1, 0.15) is 0 Å². The zero-order chi connectivity index (χ0) is 33.5. The first-order valence-electron chi connectivity index (χ1n) is 17.2. The van der Waals surface area contributed by atoms with Gasteiger partial charge in [-0.15, -0.1) is 11.3 Å². The number of aromatic nitrogens is 4. The smallest absolute Gasteiger partial charge is 0.164 e. The number of fused-ring (bicyclic) bond motifs is 9. The minimum absolute atomic E-state index is 0.696. The third kappa shape index (κ3) is 4.13. The first-order valence-corrected chi connectivity index (χ1v) is 18.0. The SMILES string of the molecule is c1ccc(-c2cccc3c4ccccc4n(-c4nc(-c5ccccc5-n5c6ccccc6c6ccccc65)nc5c4sc4ccccc45)c23)cc1. The first-order chi connectivity index (χ1) is 25.3. The Morgan fingerprint density at radius 2 is 0.961 bits per heavy atom. The Morgan fingerprint density at radius 3 is 1.71 bits per heavy atom. The molecule has 0 fully saturated rings. The van der Waals surface area contributed by atoms with Crippen molar-refractivity contribution in [1.29, 1.82) is 0 Å². The van der Waals surface area contributed by atoms with Crippen LogP contribution in [0.25, 0.3) is 97.9 Å². The molecule has 0 unspecified atom stereocenters. The van der Waals surface area contributed by atoms with E-state index in [1.165, 1.54) is 37.4 Å². The summed E-state index contributed by atoms with van der Waals surface area (Å²) in [6.07, 6.45) is 0. The van der Waals surface area contributed by atoms with Gasteiger partial charge in [-0.3, -0.25) is 4.57 Å². The minimum atomic E-state index is 0.696. The summed E-state index contributed by atoms with van der Waals surface area (Å²) in [7, 11) is 0. The molecule has 5 heteroatoms. The molecule has 11 aromatic rings. The maximum Gasteiger partial charge on any atom is 0.164 e. The Bertz CT molecular complexity index is 3090. The summed E-state index contributed by atoms with van der Waals surface area (Å²) >= 11 is 1.76. The Balaban J connectivity index is 1.28. The van der Waals surface area contributed by atoms with E-state index < -0.39 is 0 Å². The summed E-state index contributed by atoms with van der Waals surface area (Å²) < 4.78 is 7.02. The van der Waals surface area contributed by atoms with Gasteiger partial charge in [0, 0.05) is 42.8 Å². The molecule has 0 saturated heterocycles. The minimum Gasteiger partial charge on any atom is -0.309 e. The summed E-state index contributed by atoms with van der Waals surface area (Å²) in [6.45, 7) is 0. The number of benzene rings is 7. The van der Waals surface area contributed by atoms with Crippen LogP contribution in [0.3, 0.4) is 0 Å². The Labute approximate surface area is 297 Å². The van der Waals surface area contributed by atoms with Crippen molar-refractivity contribution in [2.24, 2.45) is 0 Å². The summed E-state index contributed by atoms with van der Waals surface area (Å²) in [5.41, 5.74) is 9.91. The van der Waals surface area contributed by atoms with E-state index >= 15 is 0 Å². The molecule has 0 radical (unpaired) electrons. The zero-order valence-electron chi connectivity index (χ0n) is 27.4. The fourth-order valence-corrected chi connectivity index (χ4v) is 9.10. The monoisotopic (exact) mass is 668 g/mol. The Hall–Kier alpha value is -6.56. The average molecular weight is 669 g/mol. The van der Waals surface area contributed by atoms with Crippen LogP contribution in [0.2, 0.25) is 0 Å². The normalized spacial score (nSPS) is 11.9. The van der Waals surface area contributed by atoms with Gasteiger partial charge < -0.3 is 4.57 Å². The number of hydrogen-bond acceptors (Lipinski definition) is 3. The molecule has 238 valence electrons. The number of para-hydroxylation sites is 5. The van der Waals surface area contributed by atoms with Crippen molar-refractivity contribution in [3.63, 3.8) is 0 Å². The van der Waals surface area contributed by atoms with E-state index in [1.54, 1.807) is 11.3 Å². The van der Waals surface area contributed by atoms with Gasteiger partial charge in [-0.25, -0.2) is 9.97 Å². The highest BCUT2D eigenvalue weighted by Crippen LogP contribution is 2.43. The summed E-state index contributed by atoms with van der Waals surface area (Å²) in [5.74, 6) is 1.59. The van der Waals surface area contributed by atoms with E-state index in [0.717, 1.165) is 54.7 Å². The van der Waals surface area contributed by atoms with Crippen LogP contribution in [-0.2, 0) is 0 Å². The molecule has 4 aromatic heterocycles. The highest BCUT2D eigenvalue weighted by atomic mass is 32.1. The molecular weight excluding hydrogens is 641 g/mol. The van der Waals surface area contributed by atoms with Crippen LogP contribution in [0, 0.1) is 0 Å². The predicted molar refractivity (Wildman–Crippen MR) is 214 cm³/mol. The van der Waals surface area contributed by atoms with E-state index in [4.69, 9.17) is 9.97 Å². The van der Waals surface area contributed by atoms with Gasteiger partial charge >= 0.3 is 0 Å². The van der Waals surface area contributed by atoms with Crippen LogP contribution in [0.4, 0.5) is 0 Å².